The number of aryl methyl sites for hydroxylation is 2. The van der Waals surface area contributed by atoms with E-state index in [0.717, 1.165) is 28.0 Å². The maximum Gasteiger partial charge on any atom is 0.341 e. The lowest BCUT2D eigenvalue weighted by Crippen LogP contribution is -2.08. The highest BCUT2D eigenvalue weighted by Gasteiger charge is 2.17. The monoisotopic (exact) mass is 445 g/mol. The number of rotatable bonds is 9. The maximum absolute atomic E-state index is 12.2. The van der Waals surface area contributed by atoms with Crippen molar-refractivity contribution in [1.29, 1.82) is 0 Å². The van der Waals surface area contributed by atoms with Gasteiger partial charge in [-0.1, -0.05) is 47.6 Å². The molecule has 0 aromatic heterocycles. The second-order valence-electron chi connectivity index (χ2n) is 7.32. The van der Waals surface area contributed by atoms with E-state index in [1.807, 2.05) is 80.6 Å². The van der Waals surface area contributed by atoms with Gasteiger partial charge in [0.1, 0.15) is 17.9 Å². The zero-order valence-corrected chi connectivity index (χ0v) is 19.2. The van der Waals surface area contributed by atoms with E-state index in [4.69, 9.17) is 19.0 Å². The molecule has 170 valence electrons. The fourth-order valence-corrected chi connectivity index (χ4v) is 3.25. The van der Waals surface area contributed by atoms with Gasteiger partial charge in [0.15, 0.2) is 5.75 Å². The molecule has 0 amide bonds. The van der Waals surface area contributed by atoms with Crippen LogP contribution in [-0.4, -0.2) is 26.4 Å². The molecule has 0 heterocycles. The molecule has 3 aromatic rings. The predicted octanol–water partition coefficient (Wildman–Crippen LogP) is 5.46. The van der Waals surface area contributed by atoms with E-state index < -0.39 is 5.97 Å². The first-order valence-electron chi connectivity index (χ1n) is 10.4. The molecule has 0 radical (unpaired) electrons. The topological polar surface area (TPSA) is 66.4 Å². The zero-order chi connectivity index (χ0) is 23.6. The summed E-state index contributed by atoms with van der Waals surface area (Å²) in [5, 5.41) is 4.08. The van der Waals surface area contributed by atoms with Crippen LogP contribution < -0.4 is 9.57 Å². The molecular weight excluding hydrogens is 418 g/mol. The highest BCUT2D eigenvalue weighted by atomic mass is 16.6. The first-order chi connectivity index (χ1) is 16.0. The van der Waals surface area contributed by atoms with Crippen LogP contribution in [0.3, 0.4) is 0 Å². The lowest BCUT2D eigenvalue weighted by Gasteiger charge is -2.15. The summed E-state index contributed by atoms with van der Waals surface area (Å²) >= 11 is 0. The zero-order valence-electron chi connectivity index (χ0n) is 19.2. The van der Waals surface area contributed by atoms with Crippen molar-refractivity contribution in [2.75, 3.05) is 14.2 Å². The molecule has 6 heteroatoms. The Balaban J connectivity index is 1.76. The second kappa shape index (κ2) is 11.5. The number of benzene rings is 3. The van der Waals surface area contributed by atoms with E-state index in [0.29, 0.717) is 16.9 Å². The summed E-state index contributed by atoms with van der Waals surface area (Å²) in [7, 11) is 2.83. The van der Waals surface area contributed by atoms with Crippen LogP contribution in [-0.2, 0) is 20.9 Å². The molecule has 0 fully saturated rings. The van der Waals surface area contributed by atoms with E-state index in [1.54, 1.807) is 6.21 Å². The van der Waals surface area contributed by atoms with Gasteiger partial charge in [-0.25, -0.2) is 4.79 Å². The van der Waals surface area contributed by atoms with Crippen molar-refractivity contribution < 1.29 is 23.8 Å². The molecule has 6 nitrogen and oxygen atoms in total. The molecule has 0 bridgehead atoms. The van der Waals surface area contributed by atoms with Crippen LogP contribution in [0.15, 0.2) is 78.1 Å². The van der Waals surface area contributed by atoms with E-state index in [2.05, 4.69) is 5.16 Å². The molecule has 0 saturated heterocycles. The number of esters is 1. The Morgan fingerprint density at radius 3 is 2.39 bits per heavy atom. The van der Waals surface area contributed by atoms with Crippen molar-refractivity contribution in [3.05, 3.63) is 101 Å². The summed E-state index contributed by atoms with van der Waals surface area (Å²) in [6.07, 6.45) is 3.07. The van der Waals surface area contributed by atoms with Gasteiger partial charge in [0.2, 0.25) is 0 Å². The van der Waals surface area contributed by atoms with Crippen LogP contribution >= 0.6 is 0 Å². The SMILES string of the molecule is CO/C=C(/C(=O)OC)c1ccccc1COc1cc(C)c(/C=N/Oc2ccccc2)cc1C. The number of ether oxygens (including phenoxy) is 3. The van der Waals surface area contributed by atoms with Crippen molar-refractivity contribution in [2.24, 2.45) is 5.16 Å². The minimum Gasteiger partial charge on any atom is -0.503 e. The van der Waals surface area contributed by atoms with Gasteiger partial charge in [0.05, 0.1) is 26.7 Å². The Bertz CT molecular complexity index is 1150. The van der Waals surface area contributed by atoms with Gasteiger partial charge >= 0.3 is 5.97 Å². The van der Waals surface area contributed by atoms with Crippen molar-refractivity contribution >= 4 is 17.8 Å². The van der Waals surface area contributed by atoms with Gasteiger partial charge in [-0.3, -0.25) is 0 Å². The van der Waals surface area contributed by atoms with Crippen LogP contribution in [0.4, 0.5) is 0 Å². The van der Waals surface area contributed by atoms with Crippen LogP contribution in [0.1, 0.15) is 27.8 Å². The van der Waals surface area contributed by atoms with Gasteiger partial charge < -0.3 is 19.0 Å². The van der Waals surface area contributed by atoms with Crippen molar-refractivity contribution in [3.8, 4) is 11.5 Å². The fraction of sp³-hybridized carbons (Fsp3) is 0.185. The number of carbonyl (C=O) groups excluding carboxylic acids is 1. The van der Waals surface area contributed by atoms with Crippen LogP contribution in [0.5, 0.6) is 11.5 Å². The van der Waals surface area contributed by atoms with Gasteiger partial charge in [0.25, 0.3) is 0 Å². The van der Waals surface area contributed by atoms with Crippen LogP contribution in [0.25, 0.3) is 5.57 Å². The third kappa shape index (κ3) is 6.23. The Morgan fingerprint density at radius 2 is 1.67 bits per heavy atom. The van der Waals surface area contributed by atoms with Crippen molar-refractivity contribution in [2.45, 2.75) is 20.5 Å². The standard InChI is InChI=1S/C27H27NO5/c1-19-15-26(20(2)14-22(19)16-28-33-23-11-6-5-7-12-23)32-17-21-10-8-9-13-24(21)25(18-30-3)27(29)31-4/h5-16,18H,17H2,1-4H3/b25-18+,28-16+. The molecule has 3 aromatic carbocycles. The first kappa shape index (κ1) is 23.6. The number of carbonyl (C=O) groups is 1. The number of nitrogens with zero attached hydrogens (tertiary/aromatic N) is 1. The summed E-state index contributed by atoms with van der Waals surface area (Å²) in [6.45, 7) is 4.24. The number of hydrogen-bond acceptors (Lipinski definition) is 6. The summed E-state index contributed by atoms with van der Waals surface area (Å²) in [5.74, 6) is 0.951. The number of methoxy groups -OCH3 is 2. The second-order valence-corrected chi connectivity index (χ2v) is 7.32. The smallest absolute Gasteiger partial charge is 0.341 e. The van der Waals surface area contributed by atoms with E-state index >= 15 is 0 Å². The molecule has 0 N–H and O–H groups in total. The fourth-order valence-electron chi connectivity index (χ4n) is 3.25. The lowest BCUT2D eigenvalue weighted by atomic mass is 10.0. The van der Waals surface area contributed by atoms with Crippen molar-refractivity contribution in [1.82, 2.24) is 0 Å². The third-order valence-electron chi connectivity index (χ3n) is 4.99. The molecule has 0 unspecified atom stereocenters. The maximum atomic E-state index is 12.2. The largest absolute Gasteiger partial charge is 0.503 e. The minimum atomic E-state index is -0.474. The summed E-state index contributed by atoms with van der Waals surface area (Å²) in [5.41, 5.74) is 4.76. The lowest BCUT2D eigenvalue weighted by molar-refractivity contribution is -0.133. The molecule has 0 saturated carbocycles. The third-order valence-corrected chi connectivity index (χ3v) is 4.99. The molecule has 0 aliphatic rings. The molecule has 0 spiro atoms. The Morgan fingerprint density at radius 1 is 0.939 bits per heavy atom. The van der Waals surface area contributed by atoms with Gasteiger partial charge in [-0.05, 0) is 65.9 Å². The first-order valence-corrected chi connectivity index (χ1v) is 10.4. The molecule has 0 aliphatic carbocycles. The van der Waals surface area contributed by atoms with Gasteiger partial charge in [0, 0.05) is 0 Å². The van der Waals surface area contributed by atoms with Crippen molar-refractivity contribution in [3.63, 3.8) is 0 Å². The van der Waals surface area contributed by atoms with Gasteiger partial charge in [-0.15, -0.1) is 0 Å². The van der Waals surface area contributed by atoms with Gasteiger partial charge in [-0.2, -0.15) is 0 Å². The molecule has 0 atom stereocenters. The Kier molecular flexibility index (Phi) is 8.24. The number of para-hydroxylation sites is 1. The highest BCUT2D eigenvalue weighted by Crippen LogP contribution is 2.26. The number of hydrogen-bond donors (Lipinski definition) is 0. The predicted molar refractivity (Wildman–Crippen MR) is 128 cm³/mol. The highest BCUT2D eigenvalue weighted by molar-refractivity contribution is 6.16. The quantitative estimate of drug-likeness (QED) is 0.144. The average Bonchev–Trinajstić information content (AvgIpc) is 2.84. The summed E-state index contributed by atoms with van der Waals surface area (Å²) in [6, 6.07) is 20.9. The van der Waals surface area contributed by atoms with Crippen LogP contribution in [0.2, 0.25) is 0 Å². The van der Waals surface area contributed by atoms with Crippen LogP contribution in [0, 0.1) is 13.8 Å². The van der Waals surface area contributed by atoms with E-state index in [-0.39, 0.29) is 6.61 Å². The summed E-state index contributed by atoms with van der Waals surface area (Å²) < 4.78 is 16.1. The minimum absolute atomic E-state index is 0.277. The average molecular weight is 446 g/mol. The molecule has 33 heavy (non-hydrogen) atoms. The number of oxime groups is 1. The Labute approximate surface area is 194 Å². The molecule has 0 aliphatic heterocycles. The van der Waals surface area contributed by atoms with E-state index in [9.17, 15) is 4.79 Å². The normalized spacial score (nSPS) is 11.3. The molecule has 3 rings (SSSR count). The summed E-state index contributed by atoms with van der Waals surface area (Å²) in [4.78, 5) is 17.6. The van der Waals surface area contributed by atoms with E-state index in [1.165, 1.54) is 20.5 Å². The Hall–Kier alpha value is -4.06. The molecular formula is C27H27NO5.